The molecule has 0 aliphatic heterocycles. The van der Waals surface area contributed by atoms with Crippen LogP contribution in [0.25, 0.3) is 15.9 Å². The lowest BCUT2D eigenvalue weighted by Crippen LogP contribution is -2.31. The molecule has 0 bridgehead atoms. The van der Waals surface area contributed by atoms with E-state index in [1.165, 1.54) is 34.0 Å². The molecule has 4 rings (SSSR count). The van der Waals surface area contributed by atoms with Crippen LogP contribution in [0.3, 0.4) is 0 Å². The molecule has 1 aliphatic rings. The number of nitrogens with zero attached hydrogens (tertiary/aromatic N) is 5. The van der Waals surface area contributed by atoms with Crippen LogP contribution in [0.2, 0.25) is 0 Å². The van der Waals surface area contributed by atoms with Gasteiger partial charge >= 0.3 is 0 Å². The van der Waals surface area contributed by atoms with Crippen LogP contribution in [0.4, 0.5) is 0 Å². The average molecular weight is 432 g/mol. The van der Waals surface area contributed by atoms with Gasteiger partial charge in [-0.25, -0.2) is 4.98 Å². The van der Waals surface area contributed by atoms with Gasteiger partial charge in [0.05, 0.1) is 11.1 Å². The highest BCUT2D eigenvalue weighted by Crippen LogP contribution is 2.40. The van der Waals surface area contributed by atoms with Crippen molar-refractivity contribution in [2.24, 2.45) is 5.92 Å². The van der Waals surface area contributed by atoms with Crippen LogP contribution in [0.15, 0.2) is 5.16 Å². The quantitative estimate of drug-likeness (QED) is 0.536. The molecule has 0 spiro atoms. The van der Waals surface area contributed by atoms with Gasteiger partial charge in [0.2, 0.25) is 5.91 Å². The molecule has 1 atom stereocenters. The summed E-state index contributed by atoms with van der Waals surface area (Å²) in [5, 5.41) is 11.0. The molecule has 6 nitrogen and oxygen atoms in total. The van der Waals surface area contributed by atoms with Gasteiger partial charge < -0.3 is 4.90 Å². The first-order chi connectivity index (χ1) is 13.9. The highest BCUT2D eigenvalue weighted by atomic mass is 32.2. The fourth-order valence-electron chi connectivity index (χ4n) is 4.11. The van der Waals surface area contributed by atoms with Gasteiger partial charge in [-0.3, -0.25) is 9.20 Å². The lowest BCUT2D eigenvalue weighted by Gasteiger charge is -2.18. The fourth-order valence-corrected chi connectivity index (χ4v) is 6.34. The van der Waals surface area contributed by atoms with E-state index in [2.05, 4.69) is 35.4 Å². The third-order valence-electron chi connectivity index (χ3n) is 5.75. The molecule has 156 valence electrons. The number of aryl methyl sites for hydroxylation is 1. The van der Waals surface area contributed by atoms with E-state index in [-0.39, 0.29) is 11.8 Å². The summed E-state index contributed by atoms with van der Waals surface area (Å²) in [6.07, 6.45) is 3.43. The molecule has 0 N–H and O–H groups in total. The number of fused-ring (bicyclic) bond motifs is 5. The first kappa shape index (κ1) is 20.6. The molecule has 0 saturated heterocycles. The zero-order valence-electron chi connectivity index (χ0n) is 17.9. The summed E-state index contributed by atoms with van der Waals surface area (Å²) in [5.74, 6) is 2.46. The zero-order valence-corrected chi connectivity index (χ0v) is 19.5. The molecular weight excluding hydrogens is 402 g/mol. The van der Waals surface area contributed by atoms with Gasteiger partial charge in [-0.2, -0.15) is 0 Å². The number of hydrogen-bond acceptors (Lipinski definition) is 6. The molecule has 0 saturated carbocycles. The Kier molecular flexibility index (Phi) is 5.84. The van der Waals surface area contributed by atoms with Crippen molar-refractivity contribution < 1.29 is 4.79 Å². The van der Waals surface area contributed by atoms with E-state index in [0.717, 1.165) is 53.3 Å². The summed E-state index contributed by atoms with van der Waals surface area (Å²) in [7, 11) is 0. The van der Waals surface area contributed by atoms with E-state index in [1.807, 2.05) is 30.1 Å². The van der Waals surface area contributed by atoms with E-state index in [0.29, 0.717) is 5.75 Å². The van der Waals surface area contributed by atoms with Gasteiger partial charge in [0.25, 0.3) is 0 Å². The molecule has 0 fully saturated rings. The molecule has 8 heteroatoms. The van der Waals surface area contributed by atoms with Gasteiger partial charge in [-0.1, -0.05) is 32.5 Å². The normalized spacial score (nSPS) is 16.7. The summed E-state index contributed by atoms with van der Waals surface area (Å²) in [6.45, 7) is 12.1. The van der Waals surface area contributed by atoms with Gasteiger partial charge in [0, 0.05) is 23.9 Å². The Morgan fingerprint density at radius 1 is 1.31 bits per heavy atom. The molecular formula is C21H29N5OS2. The van der Waals surface area contributed by atoms with Gasteiger partial charge in [0.15, 0.2) is 10.8 Å². The largest absolute Gasteiger partial charge is 0.343 e. The number of rotatable bonds is 6. The average Bonchev–Trinajstić information content (AvgIpc) is 3.26. The molecule has 0 radical (unpaired) electrons. The first-order valence-corrected chi connectivity index (χ1v) is 12.3. The van der Waals surface area contributed by atoms with Crippen molar-refractivity contribution >= 4 is 44.9 Å². The smallest absolute Gasteiger partial charge is 0.233 e. The molecule has 3 aromatic rings. The molecule has 29 heavy (non-hydrogen) atoms. The van der Waals surface area contributed by atoms with Crippen molar-refractivity contribution in [3.8, 4) is 0 Å². The second kappa shape index (κ2) is 8.22. The Balaban J connectivity index is 1.79. The highest BCUT2D eigenvalue weighted by molar-refractivity contribution is 7.99. The third kappa shape index (κ3) is 3.65. The van der Waals surface area contributed by atoms with Crippen molar-refractivity contribution in [1.82, 2.24) is 24.5 Å². The zero-order chi connectivity index (χ0) is 20.7. The maximum Gasteiger partial charge on any atom is 0.233 e. The summed E-state index contributed by atoms with van der Waals surface area (Å²) >= 11 is 3.29. The van der Waals surface area contributed by atoms with Gasteiger partial charge in [-0.15, -0.1) is 21.5 Å². The number of aromatic nitrogens is 4. The minimum absolute atomic E-state index is 0.138. The van der Waals surface area contributed by atoms with Gasteiger partial charge in [-0.05, 0) is 44.6 Å². The SMILES string of the molecule is CCN(CC)C(=O)CSc1nnc2c3c4c(sc3nc(C(C)C)n12)CC(C)CC4. The van der Waals surface area contributed by atoms with Crippen LogP contribution >= 0.6 is 23.1 Å². The van der Waals surface area contributed by atoms with Crippen molar-refractivity contribution in [3.05, 3.63) is 16.3 Å². The van der Waals surface area contributed by atoms with Gasteiger partial charge in [0.1, 0.15) is 10.7 Å². The van der Waals surface area contributed by atoms with E-state index in [9.17, 15) is 4.79 Å². The minimum atomic E-state index is 0.138. The Labute approximate surface area is 180 Å². The van der Waals surface area contributed by atoms with E-state index in [1.54, 1.807) is 0 Å². The highest BCUT2D eigenvalue weighted by Gasteiger charge is 2.26. The van der Waals surface area contributed by atoms with E-state index in [4.69, 9.17) is 4.98 Å². The molecule has 1 amide bonds. The second-order valence-electron chi connectivity index (χ2n) is 8.15. The van der Waals surface area contributed by atoms with Crippen LogP contribution in [-0.2, 0) is 17.6 Å². The number of carbonyl (C=O) groups is 1. The number of carbonyl (C=O) groups excluding carboxylic acids is 1. The summed E-state index contributed by atoms with van der Waals surface area (Å²) in [6, 6.07) is 0. The molecule has 1 unspecified atom stereocenters. The number of thioether (sulfide) groups is 1. The Morgan fingerprint density at radius 2 is 2.07 bits per heavy atom. The van der Waals surface area contributed by atoms with Crippen molar-refractivity contribution in [2.45, 2.75) is 65.0 Å². The predicted octanol–water partition coefficient (Wildman–Crippen LogP) is 4.55. The predicted molar refractivity (Wildman–Crippen MR) is 120 cm³/mol. The Hall–Kier alpha value is -1.67. The van der Waals surface area contributed by atoms with Crippen molar-refractivity contribution in [3.63, 3.8) is 0 Å². The fraction of sp³-hybridized carbons (Fsp3) is 0.619. The molecule has 0 aromatic carbocycles. The van der Waals surface area contributed by atoms with Crippen LogP contribution in [0, 0.1) is 5.92 Å². The summed E-state index contributed by atoms with van der Waals surface area (Å²) in [5.41, 5.74) is 2.32. The van der Waals surface area contributed by atoms with Crippen LogP contribution in [0.1, 0.15) is 63.2 Å². The number of thiophene rings is 1. The van der Waals surface area contributed by atoms with E-state index < -0.39 is 0 Å². The number of hydrogen-bond donors (Lipinski definition) is 0. The Bertz CT molecular complexity index is 1050. The maximum atomic E-state index is 12.5. The molecule has 3 aromatic heterocycles. The third-order valence-corrected chi connectivity index (χ3v) is 7.81. The topological polar surface area (TPSA) is 63.4 Å². The van der Waals surface area contributed by atoms with E-state index >= 15 is 0 Å². The first-order valence-electron chi connectivity index (χ1n) is 10.5. The lowest BCUT2D eigenvalue weighted by atomic mass is 9.89. The molecule has 1 aliphatic carbocycles. The summed E-state index contributed by atoms with van der Waals surface area (Å²) < 4.78 is 2.10. The van der Waals surface area contributed by atoms with Crippen LogP contribution in [0.5, 0.6) is 0 Å². The second-order valence-corrected chi connectivity index (χ2v) is 10.2. The van der Waals surface area contributed by atoms with Crippen LogP contribution < -0.4 is 0 Å². The lowest BCUT2D eigenvalue weighted by molar-refractivity contribution is -0.127. The van der Waals surface area contributed by atoms with Crippen molar-refractivity contribution in [2.75, 3.05) is 18.8 Å². The minimum Gasteiger partial charge on any atom is -0.343 e. The standard InChI is InChI=1S/C21H29N5OS2/c1-6-25(7-2)16(27)11-28-21-24-23-19-17-14-9-8-13(5)10-15(14)29-20(17)22-18(12(3)4)26(19)21/h12-13H,6-11H2,1-5H3. The maximum absolute atomic E-state index is 12.5. The monoisotopic (exact) mass is 431 g/mol. The number of amides is 1. The summed E-state index contributed by atoms with van der Waals surface area (Å²) in [4.78, 5) is 21.9. The van der Waals surface area contributed by atoms with Crippen LogP contribution in [-0.4, -0.2) is 49.2 Å². The molecule has 3 heterocycles. The Morgan fingerprint density at radius 3 is 2.76 bits per heavy atom. The van der Waals surface area contributed by atoms with Crippen molar-refractivity contribution in [1.29, 1.82) is 0 Å².